The second-order valence-corrected chi connectivity index (χ2v) is 14.0. The van der Waals surface area contributed by atoms with E-state index in [9.17, 15) is 23.4 Å². The number of halogens is 2. The highest BCUT2D eigenvalue weighted by Gasteiger charge is 2.45. The predicted octanol–water partition coefficient (Wildman–Crippen LogP) is 6.06. The second-order valence-electron chi connectivity index (χ2n) is 14.0. The molecular formula is C34H55BF2N5O3+. The zero-order valence-corrected chi connectivity index (χ0v) is 28.9. The lowest BCUT2D eigenvalue weighted by molar-refractivity contribution is -0.343. The van der Waals surface area contributed by atoms with Crippen molar-refractivity contribution in [2.75, 3.05) is 7.05 Å². The van der Waals surface area contributed by atoms with Crippen LogP contribution in [0.3, 0.4) is 0 Å². The molecule has 0 aromatic carbocycles. The molecule has 0 spiro atoms. The van der Waals surface area contributed by atoms with Crippen LogP contribution in [0.15, 0.2) is 59.0 Å². The fourth-order valence-corrected chi connectivity index (χ4v) is 6.13. The lowest BCUT2D eigenvalue weighted by Gasteiger charge is -2.51. The number of carbonyl (C=O) groups excluding carboxylic acids is 2. The molecule has 11 heteroatoms. The Bertz CT molecular complexity index is 1250. The summed E-state index contributed by atoms with van der Waals surface area (Å²) in [5.41, 5.74) is 2.66. The summed E-state index contributed by atoms with van der Waals surface area (Å²) in [6.45, 7) is 17.7. The first-order valence-corrected chi connectivity index (χ1v) is 16.0. The van der Waals surface area contributed by atoms with Crippen LogP contribution >= 0.6 is 0 Å². The van der Waals surface area contributed by atoms with Gasteiger partial charge in [0.1, 0.15) is 0 Å². The van der Waals surface area contributed by atoms with Crippen LogP contribution in [0.5, 0.6) is 0 Å². The molecule has 0 saturated carbocycles. The van der Waals surface area contributed by atoms with Gasteiger partial charge in [0.2, 0.25) is 11.8 Å². The smallest absolute Gasteiger partial charge is 0.392 e. The molecule has 1 atom stereocenters. The first kappa shape index (κ1) is 38.1. The number of piperidine rings is 1. The van der Waals surface area contributed by atoms with Gasteiger partial charge in [0, 0.05) is 73.4 Å². The van der Waals surface area contributed by atoms with Gasteiger partial charge in [-0.3, -0.25) is 9.59 Å². The summed E-state index contributed by atoms with van der Waals surface area (Å²) >= 11 is 0. The molecule has 1 saturated heterocycles. The van der Waals surface area contributed by atoms with Crippen LogP contribution in [-0.2, 0) is 9.59 Å². The van der Waals surface area contributed by atoms with Gasteiger partial charge < -0.3 is 21.2 Å². The molecule has 2 rings (SSSR count). The molecule has 250 valence electrons. The van der Waals surface area contributed by atoms with Crippen LogP contribution in [0, 0.1) is 5.92 Å². The van der Waals surface area contributed by atoms with Crippen LogP contribution < -0.4 is 16.0 Å². The molecule has 1 fully saturated rings. The Morgan fingerprint density at radius 2 is 1.71 bits per heavy atom. The van der Waals surface area contributed by atoms with Crippen molar-refractivity contribution in [3.63, 3.8) is 0 Å². The molecule has 0 bridgehead atoms. The van der Waals surface area contributed by atoms with Crippen molar-refractivity contribution in [1.82, 2.24) is 21.0 Å². The number of nitrogens with one attached hydrogen (secondary N) is 3. The fraction of sp³-hybridized carbons (Fsp3) is 0.618. The normalized spacial score (nSPS) is 21.0. The number of nitrogens with zero attached hydrogens (tertiary/aromatic N) is 2. The first-order valence-electron chi connectivity index (χ1n) is 16.0. The molecule has 2 amide bonds. The minimum atomic E-state index is -2.73. The predicted molar refractivity (Wildman–Crippen MR) is 179 cm³/mol. The molecule has 2 aliphatic heterocycles. The molecular weight excluding hydrogens is 575 g/mol. The summed E-state index contributed by atoms with van der Waals surface area (Å²) in [6, 6.07) is -0.337. The van der Waals surface area contributed by atoms with Gasteiger partial charge in [-0.2, -0.15) is 5.06 Å². The third-order valence-electron chi connectivity index (χ3n) is 8.40. The number of hydrogen-bond acceptors (Lipinski definition) is 5. The fourth-order valence-electron chi connectivity index (χ4n) is 6.13. The quantitative estimate of drug-likeness (QED) is 0.106. The standard InChI is InChI=1S/C34H54BF2N5O3/c1-23(2)18-27(12-11-13-31(43)40-28-21-33(6,7)42(45)34(8,9)22-28)39-32(44)17-16-29-14-15-30(41(29)35(36)37)20-25(4)24(3)19-26(5)38-10/h11-12,14-15,19-20,23,27-28,45H,13,16-18,21-22H2,1-10H3,(H2,39,40,43,44)/p+1/b12-11+/t27-/m1/s1. The van der Waals surface area contributed by atoms with Crippen molar-refractivity contribution in [2.24, 2.45) is 5.92 Å². The van der Waals surface area contributed by atoms with Gasteiger partial charge in [0.15, 0.2) is 11.4 Å². The van der Waals surface area contributed by atoms with Crippen LogP contribution in [0.1, 0.15) is 101 Å². The largest absolute Gasteiger partial charge is 0.934 e. The van der Waals surface area contributed by atoms with Crippen LogP contribution in [0.2, 0.25) is 0 Å². The molecule has 0 unspecified atom stereocenters. The van der Waals surface area contributed by atoms with E-state index in [2.05, 4.69) is 29.8 Å². The Morgan fingerprint density at radius 3 is 2.27 bits per heavy atom. The van der Waals surface area contributed by atoms with E-state index in [1.807, 2.05) is 67.7 Å². The first-order chi connectivity index (χ1) is 20.9. The van der Waals surface area contributed by atoms with E-state index in [1.54, 1.807) is 24.3 Å². The number of hydroxylamine groups is 2. The van der Waals surface area contributed by atoms with Gasteiger partial charge in [-0.05, 0) is 90.9 Å². The van der Waals surface area contributed by atoms with Crippen molar-refractivity contribution in [1.29, 1.82) is 0 Å². The number of allylic oxidation sites excluding steroid dienone is 7. The van der Waals surface area contributed by atoms with Crippen molar-refractivity contribution in [3.05, 3.63) is 59.0 Å². The zero-order chi connectivity index (χ0) is 34.1. The van der Waals surface area contributed by atoms with Crippen molar-refractivity contribution < 1.29 is 27.9 Å². The van der Waals surface area contributed by atoms with E-state index >= 15 is 0 Å². The average molecular weight is 631 g/mol. The van der Waals surface area contributed by atoms with Gasteiger partial charge in [-0.25, -0.2) is 13.1 Å². The Hall–Kier alpha value is -3.05. The zero-order valence-electron chi connectivity index (χ0n) is 28.9. The molecule has 0 aromatic rings. The molecule has 0 aromatic heterocycles. The van der Waals surface area contributed by atoms with Crippen molar-refractivity contribution in [2.45, 2.75) is 124 Å². The highest BCUT2D eigenvalue weighted by atomic mass is 19.2. The SMILES string of the molecule is CN\C(C)=C/C(C)=C(C)/C=C1/C=CC(CCC(=O)N[C@H](/C=C/CC(=O)NC2CC(C)(C)N(O)C(C)(C)C2)CC(C)C)=[N+]1B(F)F. The molecule has 8 nitrogen and oxygen atoms in total. The molecule has 0 aliphatic carbocycles. The average Bonchev–Trinajstić information content (AvgIpc) is 3.32. The highest BCUT2D eigenvalue weighted by Crippen LogP contribution is 2.36. The molecule has 2 heterocycles. The molecule has 0 radical (unpaired) electrons. The van der Waals surface area contributed by atoms with Gasteiger partial charge in [0.05, 0.1) is 0 Å². The van der Waals surface area contributed by atoms with E-state index in [-0.39, 0.29) is 43.2 Å². The van der Waals surface area contributed by atoms with E-state index in [1.165, 1.54) is 5.06 Å². The number of amides is 2. The molecule has 4 N–H and O–H groups in total. The lowest BCUT2D eigenvalue weighted by Crippen LogP contribution is -2.62. The van der Waals surface area contributed by atoms with Gasteiger partial charge in [-0.1, -0.05) is 26.0 Å². The third kappa shape index (κ3) is 11.7. The minimum Gasteiger partial charge on any atom is -0.392 e. The van der Waals surface area contributed by atoms with E-state index < -0.39 is 18.5 Å². The maximum absolute atomic E-state index is 14.1. The van der Waals surface area contributed by atoms with Crippen LogP contribution in [-0.4, -0.2) is 69.9 Å². The second kappa shape index (κ2) is 16.5. The number of rotatable bonds is 14. The van der Waals surface area contributed by atoms with Gasteiger partial charge in [0.25, 0.3) is 0 Å². The monoisotopic (exact) mass is 630 g/mol. The highest BCUT2D eigenvalue weighted by molar-refractivity contribution is 6.35. The van der Waals surface area contributed by atoms with Crippen molar-refractivity contribution in [3.8, 4) is 0 Å². The topological polar surface area (TPSA) is 96.7 Å². The van der Waals surface area contributed by atoms with Gasteiger partial charge in [-0.15, -0.1) is 0 Å². The van der Waals surface area contributed by atoms with Crippen LogP contribution in [0.25, 0.3) is 0 Å². The minimum absolute atomic E-state index is 0.0564. The Balaban J connectivity index is 2.02. The Morgan fingerprint density at radius 1 is 1.09 bits per heavy atom. The summed E-state index contributed by atoms with van der Waals surface area (Å²) in [7, 11) is -0.905. The maximum Gasteiger partial charge on any atom is 0.934 e. The molecule has 2 aliphatic rings. The van der Waals surface area contributed by atoms with E-state index in [4.69, 9.17) is 0 Å². The summed E-state index contributed by atoms with van der Waals surface area (Å²) in [6.07, 6.45) is 13.0. The Labute approximate surface area is 269 Å². The lowest BCUT2D eigenvalue weighted by atomic mass is 9.79. The summed E-state index contributed by atoms with van der Waals surface area (Å²) in [4.78, 5) is 25.7. The Kier molecular flexibility index (Phi) is 14.0. The van der Waals surface area contributed by atoms with Crippen LogP contribution in [0.4, 0.5) is 8.63 Å². The number of carbonyl (C=O) groups is 2. The summed E-state index contributed by atoms with van der Waals surface area (Å²) in [5.74, 6) is -0.0534. The van der Waals surface area contributed by atoms with E-state index in [0.29, 0.717) is 36.6 Å². The maximum atomic E-state index is 14.1. The third-order valence-corrected chi connectivity index (χ3v) is 8.40. The van der Waals surface area contributed by atoms with Crippen molar-refractivity contribution >= 4 is 24.9 Å². The van der Waals surface area contributed by atoms with Gasteiger partial charge >= 0.3 is 7.40 Å². The molecule has 45 heavy (non-hydrogen) atoms. The summed E-state index contributed by atoms with van der Waals surface area (Å²) < 4.78 is 29.2. The summed E-state index contributed by atoms with van der Waals surface area (Å²) in [5, 5.41) is 21.1. The number of hydrogen-bond donors (Lipinski definition) is 4. The van der Waals surface area contributed by atoms with E-state index in [0.717, 1.165) is 21.3 Å².